The van der Waals surface area contributed by atoms with Crippen LogP contribution in [0, 0.1) is 5.82 Å². The van der Waals surface area contributed by atoms with E-state index in [0.29, 0.717) is 17.1 Å². The molecule has 0 aromatic heterocycles. The average molecular weight is 257 g/mol. The van der Waals surface area contributed by atoms with E-state index in [2.05, 4.69) is 24.1 Å². The molecular weight excluding hydrogens is 239 g/mol. The van der Waals surface area contributed by atoms with E-state index in [1.165, 1.54) is 6.07 Å². The van der Waals surface area contributed by atoms with Crippen LogP contribution < -0.4 is 5.32 Å². The van der Waals surface area contributed by atoms with Crippen LogP contribution in [0.25, 0.3) is 0 Å². The van der Waals surface area contributed by atoms with Gasteiger partial charge in [-0.2, -0.15) is 0 Å². The standard InChI is InChI=1S/C13H18ClFN2/c1-13(2)9-17(6-5-16-13)8-10-3-4-11(14)7-12(10)15/h3-4,7,16H,5-6,8-9H2,1-2H3. The van der Waals surface area contributed by atoms with E-state index in [1.54, 1.807) is 12.1 Å². The Labute approximate surface area is 107 Å². The van der Waals surface area contributed by atoms with Crippen molar-refractivity contribution in [2.45, 2.75) is 25.9 Å². The molecule has 0 radical (unpaired) electrons. The smallest absolute Gasteiger partial charge is 0.129 e. The van der Waals surface area contributed by atoms with Crippen molar-refractivity contribution in [2.24, 2.45) is 0 Å². The Morgan fingerprint density at radius 1 is 1.47 bits per heavy atom. The molecule has 1 aromatic rings. The molecule has 1 saturated heterocycles. The van der Waals surface area contributed by atoms with Crippen molar-refractivity contribution in [3.8, 4) is 0 Å². The summed E-state index contributed by atoms with van der Waals surface area (Å²) in [4.78, 5) is 2.27. The van der Waals surface area contributed by atoms with Crippen molar-refractivity contribution >= 4 is 11.6 Å². The highest BCUT2D eigenvalue weighted by Gasteiger charge is 2.25. The lowest BCUT2D eigenvalue weighted by Gasteiger charge is -2.39. The normalized spacial score (nSPS) is 20.5. The highest BCUT2D eigenvalue weighted by atomic mass is 35.5. The second-order valence-electron chi connectivity index (χ2n) is 5.26. The van der Waals surface area contributed by atoms with Gasteiger partial charge in [0.15, 0.2) is 0 Å². The van der Waals surface area contributed by atoms with Crippen LogP contribution in [0.15, 0.2) is 18.2 Å². The minimum atomic E-state index is -0.214. The zero-order valence-corrected chi connectivity index (χ0v) is 11.0. The second kappa shape index (κ2) is 4.92. The molecule has 0 atom stereocenters. The number of benzene rings is 1. The van der Waals surface area contributed by atoms with Gasteiger partial charge in [0.05, 0.1) is 0 Å². The third kappa shape index (κ3) is 3.41. The summed E-state index contributed by atoms with van der Waals surface area (Å²) < 4.78 is 13.7. The fourth-order valence-corrected chi connectivity index (χ4v) is 2.43. The lowest BCUT2D eigenvalue weighted by molar-refractivity contribution is 0.147. The Morgan fingerprint density at radius 2 is 2.24 bits per heavy atom. The van der Waals surface area contributed by atoms with E-state index in [-0.39, 0.29) is 11.4 Å². The number of halogens is 2. The molecule has 94 valence electrons. The molecule has 1 N–H and O–H groups in total. The van der Waals surface area contributed by atoms with E-state index in [0.717, 1.165) is 19.6 Å². The van der Waals surface area contributed by atoms with Crippen LogP contribution in [0.2, 0.25) is 5.02 Å². The molecule has 0 bridgehead atoms. The van der Waals surface area contributed by atoms with E-state index in [9.17, 15) is 4.39 Å². The quantitative estimate of drug-likeness (QED) is 0.875. The van der Waals surface area contributed by atoms with Crippen LogP contribution in [0.1, 0.15) is 19.4 Å². The van der Waals surface area contributed by atoms with Gasteiger partial charge in [-0.15, -0.1) is 0 Å². The van der Waals surface area contributed by atoms with Crippen LogP contribution in [-0.2, 0) is 6.54 Å². The number of piperazine rings is 1. The zero-order chi connectivity index (χ0) is 12.5. The van der Waals surface area contributed by atoms with Crippen LogP contribution >= 0.6 is 11.6 Å². The molecule has 1 fully saturated rings. The zero-order valence-electron chi connectivity index (χ0n) is 10.3. The van der Waals surface area contributed by atoms with Gasteiger partial charge in [-0.25, -0.2) is 4.39 Å². The maximum atomic E-state index is 13.7. The monoisotopic (exact) mass is 256 g/mol. The highest BCUT2D eigenvalue weighted by molar-refractivity contribution is 6.30. The molecule has 0 unspecified atom stereocenters. The number of hydrogen-bond donors (Lipinski definition) is 1. The summed E-state index contributed by atoms with van der Waals surface area (Å²) in [5.74, 6) is -0.214. The number of rotatable bonds is 2. The fourth-order valence-electron chi connectivity index (χ4n) is 2.27. The molecule has 1 aliphatic heterocycles. The fraction of sp³-hybridized carbons (Fsp3) is 0.538. The van der Waals surface area contributed by atoms with Crippen LogP contribution in [-0.4, -0.2) is 30.1 Å². The lowest BCUT2D eigenvalue weighted by atomic mass is 10.0. The molecule has 1 aliphatic rings. The summed E-state index contributed by atoms with van der Waals surface area (Å²) in [7, 11) is 0. The van der Waals surface area contributed by atoms with Crippen LogP contribution in [0.5, 0.6) is 0 Å². The topological polar surface area (TPSA) is 15.3 Å². The number of nitrogens with zero attached hydrogens (tertiary/aromatic N) is 1. The van der Waals surface area contributed by atoms with Gasteiger partial charge in [-0.1, -0.05) is 17.7 Å². The lowest BCUT2D eigenvalue weighted by Crippen LogP contribution is -2.56. The molecule has 2 nitrogen and oxygen atoms in total. The average Bonchev–Trinajstić information content (AvgIpc) is 2.21. The maximum Gasteiger partial charge on any atom is 0.129 e. The maximum absolute atomic E-state index is 13.7. The Balaban J connectivity index is 2.05. The molecule has 1 heterocycles. The Morgan fingerprint density at radius 3 is 2.88 bits per heavy atom. The minimum absolute atomic E-state index is 0.0984. The van der Waals surface area contributed by atoms with Crippen molar-refractivity contribution < 1.29 is 4.39 Å². The van der Waals surface area contributed by atoms with Gasteiger partial charge in [-0.3, -0.25) is 4.90 Å². The number of nitrogens with one attached hydrogen (secondary N) is 1. The predicted octanol–water partition coefficient (Wildman–Crippen LogP) is 2.66. The first-order valence-electron chi connectivity index (χ1n) is 5.88. The van der Waals surface area contributed by atoms with Gasteiger partial charge in [0, 0.05) is 42.3 Å². The third-order valence-electron chi connectivity index (χ3n) is 3.06. The van der Waals surface area contributed by atoms with Crippen molar-refractivity contribution in [1.82, 2.24) is 10.2 Å². The second-order valence-corrected chi connectivity index (χ2v) is 5.69. The molecule has 4 heteroatoms. The molecule has 0 aliphatic carbocycles. The molecular formula is C13H18ClFN2. The summed E-state index contributed by atoms with van der Waals surface area (Å²) in [6, 6.07) is 4.89. The Bertz CT molecular complexity index is 406. The molecule has 0 spiro atoms. The molecule has 0 amide bonds. The third-order valence-corrected chi connectivity index (χ3v) is 3.29. The largest absolute Gasteiger partial charge is 0.309 e. The van der Waals surface area contributed by atoms with E-state index in [4.69, 9.17) is 11.6 Å². The number of hydrogen-bond acceptors (Lipinski definition) is 2. The summed E-state index contributed by atoms with van der Waals surface area (Å²) in [5.41, 5.74) is 0.813. The molecule has 2 rings (SSSR count). The first-order chi connectivity index (χ1) is 7.96. The summed E-state index contributed by atoms with van der Waals surface area (Å²) in [5, 5.41) is 3.89. The van der Waals surface area contributed by atoms with E-state index >= 15 is 0 Å². The summed E-state index contributed by atoms with van der Waals surface area (Å²) in [6.07, 6.45) is 0. The van der Waals surface area contributed by atoms with Crippen molar-refractivity contribution in [3.63, 3.8) is 0 Å². The molecule has 17 heavy (non-hydrogen) atoms. The first-order valence-corrected chi connectivity index (χ1v) is 6.25. The van der Waals surface area contributed by atoms with Gasteiger partial charge in [0.25, 0.3) is 0 Å². The van der Waals surface area contributed by atoms with Gasteiger partial charge in [0.2, 0.25) is 0 Å². The summed E-state index contributed by atoms with van der Waals surface area (Å²) >= 11 is 5.74. The summed E-state index contributed by atoms with van der Waals surface area (Å²) in [6.45, 7) is 7.80. The first kappa shape index (κ1) is 12.8. The van der Waals surface area contributed by atoms with Crippen LogP contribution in [0.4, 0.5) is 4.39 Å². The SMILES string of the molecule is CC1(C)CN(Cc2ccc(Cl)cc2F)CCN1. The Hall–Kier alpha value is -0.640. The van der Waals surface area contributed by atoms with Crippen molar-refractivity contribution in [2.75, 3.05) is 19.6 Å². The Kier molecular flexibility index (Phi) is 3.71. The van der Waals surface area contributed by atoms with Gasteiger partial charge in [0.1, 0.15) is 5.82 Å². The molecule has 0 saturated carbocycles. The highest BCUT2D eigenvalue weighted by Crippen LogP contribution is 2.18. The van der Waals surface area contributed by atoms with Gasteiger partial charge >= 0.3 is 0 Å². The van der Waals surface area contributed by atoms with Crippen molar-refractivity contribution in [1.29, 1.82) is 0 Å². The van der Waals surface area contributed by atoms with Crippen LogP contribution in [0.3, 0.4) is 0 Å². The van der Waals surface area contributed by atoms with E-state index < -0.39 is 0 Å². The minimum Gasteiger partial charge on any atom is -0.309 e. The predicted molar refractivity (Wildman–Crippen MR) is 68.8 cm³/mol. The van der Waals surface area contributed by atoms with Crippen molar-refractivity contribution in [3.05, 3.63) is 34.6 Å². The van der Waals surface area contributed by atoms with Gasteiger partial charge in [-0.05, 0) is 26.0 Å². The molecule has 1 aromatic carbocycles. The van der Waals surface area contributed by atoms with E-state index in [1.807, 2.05) is 0 Å². The van der Waals surface area contributed by atoms with Gasteiger partial charge < -0.3 is 5.32 Å².